The van der Waals surface area contributed by atoms with Crippen molar-refractivity contribution in [3.05, 3.63) is 30.1 Å². The number of carbonyl (C=O) groups is 4. The summed E-state index contributed by atoms with van der Waals surface area (Å²) in [4.78, 5) is 52.4. The highest BCUT2D eigenvalue weighted by atomic mass is 19.1. The molecule has 2 saturated heterocycles. The number of hydrogen-bond acceptors (Lipinski definition) is 6. The SMILES string of the molecule is CC1(C)NC(=O)N(CC(=O)OCC(=O)N2CCN(c3ccc(F)cc3)CC2)C1=O. The second-order valence-electron chi connectivity index (χ2n) is 7.45. The summed E-state index contributed by atoms with van der Waals surface area (Å²) in [5.41, 5.74) is -0.196. The number of carbonyl (C=O) groups excluding carboxylic acids is 4. The number of nitrogens with zero attached hydrogens (tertiary/aromatic N) is 3. The van der Waals surface area contributed by atoms with Crippen LogP contribution in [0.3, 0.4) is 0 Å². The molecule has 0 aromatic heterocycles. The topological polar surface area (TPSA) is 99.3 Å². The molecule has 0 aliphatic carbocycles. The van der Waals surface area contributed by atoms with Crippen molar-refractivity contribution in [1.82, 2.24) is 15.1 Å². The number of rotatable bonds is 5. The zero-order chi connectivity index (χ0) is 21.2. The Kier molecular flexibility index (Phi) is 5.71. The van der Waals surface area contributed by atoms with Crippen LogP contribution in [-0.2, 0) is 19.1 Å². The first-order valence-corrected chi connectivity index (χ1v) is 9.25. The Bertz CT molecular complexity index is 818. The molecule has 2 heterocycles. The van der Waals surface area contributed by atoms with Gasteiger partial charge in [-0.15, -0.1) is 0 Å². The smallest absolute Gasteiger partial charge is 0.326 e. The summed E-state index contributed by atoms with van der Waals surface area (Å²) in [7, 11) is 0. The van der Waals surface area contributed by atoms with E-state index in [4.69, 9.17) is 4.74 Å². The fourth-order valence-corrected chi connectivity index (χ4v) is 3.24. The van der Waals surface area contributed by atoms with Gasteiger partial charge in [-0.2, -0.15) is 0 Å². The van der Waals surface area contributed by atoms with Crippen LogP contribution in [-0.4, -0.2) is 78.5 Å². The first kappa shape index (κ1) is 20.6. The van der Waals surface area contributed by atoms with Crippen LogP contribution in [0.25, 0.3) is 0 Å². The zero-order valence-electron chi connectivity index (χ0n) is 16.3. The van der Waals surface area contributed by atoms with Crippen molar-refractivity contribution in [3.8, 4) is 0 Å². The lowest BCUT2D eigenvalue weighted by Gasteiger charge is -2.36. The van der Waals surface area contributed by atoms with E-state index >= 15 is 0 Å². The first-order chi connectivity index (χ1) is 13.7. The standard InChI is InChI=1S/C19H23FN4O5/c1-19(2)17(27)24(18(28)21-19)11-16(26)29-12-15(25)23-9-7-22(8-10-23)14-5-3-13(20)4-6-14/h3-6H,7-12H2,1-2H3,(H,21,28). The number of halogens is 1. The van der Waals surface area contributed by atoms with Gasteiger partial charge in [0.15, 0.2) is 6.61 Å². The van der Waals surface area contributed by atoms with Gasteiger partial charge in [0, 0.05) is 31.9 Å². The quantitative estimate of drug-likeness (QED) is 0.560. The molecule has 0 saturated carbocycles. The summed E-state index contributed by atoms with van der Waals surface area (Å²) < 4.78 is 18.0. The molecule has 0 atom stereocenters. The third-order valence-corrected chi connectivity index (χ3v) is 4.91. The Morgan fingerprint density at radius 2 is 1.72 bits per heavy atom. The van der Waals surface area contributed by atoms with Gasteiger partial charge in [-0.3, -0.25) is 19.3 Å². The van der Waals surface area contributed by atoms with E-state index in [-0.39, 0.29) is 11.7 Å². The largest absolute Gasteiger partial charge is 0.454 e. The molecule has 156 valence electrons. The van der Waals surface area contributed by atoms with Crippen LogP contribution in [0.15, 0.2) is 24.3 Å². The molecule has 1 aromatic rings. The van der Waals surface area contributed by atoms with E-state index in [2.05, 4.69) is 5.32 Å². The number of imide groups is 1. The molecule has 10 heteroatoms. The van der Waals surface area contributed by atoms with E-state index in [1.807, 2.05) is 4.90 Å². The Morgan fingerprint density at radius 3 is 2.28 bits per heavy atom. The Balaban J connectivity index is 1.43. The van der Waals surface area contributed by atoms with Crippen molar-refractivity contribution in [3.63, 3.8) is 0 Å². The van der Waals surface area contributed by atoms with E-state index < -0.39 is 36.6 Å². The highest BCUT2D eigenvalue weighted by Crippen LogP contribution is 2.18. The van der Waals surface area contributed by atoms with Crippen LogP contribution in [0, 0.1) is 5.82 Å². The fraction of sp³-hybridized carbons (Fsp3) is 0.474. The average molecular weight is 406 g/mol. The molecule has 4 amide bonds. The first-order valence-electron chi connectivity index (χ1n) is 9.25. The predicted molar refractivity (Wildman–Crippen MR) is 100 cm³/mol. The number of nitrogens with one attached hydrogen (secondary N) is 1. The minimum Gasteiger partial charge on any atom is -0.454 e. The van der Waals surface area contributed by atoms with E-state index in [1.54, 1.807) is 17.0 Å². The number of hydrogen-bond donors (Lipinski definition) is 1. The van der Waals surface area contributed by atoms with Gasteiger partial charge in [-0.25, -0.2) is 9.18 Å². The van der Waals surface area contributed by atoms with Crippen molar-refractivity contribution in [2.24, 2.45) is 0 Å². The highest BCUT2D eigenvalue weighted by molar-refractivity contribution is 6.08. The molecule has 0 spiro atoms. The third kappa shape index (κ3) is 4.64. The Labute approximate surface area is 167 Å². The number of ether oxygens (including phenoxy) is 1. The lowest BCUT2D eigenvalue weighted by atomic mass is 10.1. The minimum atomic E-state index is -1.07. The van der Waals surface area contributed by atoms with E-state index in [0.29, 0.717) is 26.2 Å². The normalized spacial score (nSPS) is 18.7. The van der Waals surface area contributed by atoms with Gasteiger partial charge in [0.1, 0.15) is 17.9 Å². The molecular weight excluding hydrogens is 383 g/mol. The summed E-state index contributed by atoms with van der Waals surface area (Å²) in [6, 6.07) is 5.48. The average Bonchev–Trinajstić information content (AvgIpc) is 2.88. The van der Waals surface area contributed by atoms with Crippen LogP contribution >= 0.6 is 0 Å². The second kappa shape index (κ2) is 8.06. The molecule has 1 N–H and O–H groups in total. The second-order valence-corrected chi connectivity index (χ2v) is 7.45. The van der Waals surface area contributed by atoms with Crippen LogP contribution in [0.1, 0.15) is 13.8 Å². The molecule has 0 radical (unpaired) electrons. The lowest BCUT2D eigenvalue weighted by Crippen LogP contribution is -2.50. The van der Waals surface area contributed by atoms with Gasteiger partial charge in [-0.05, 0) is 38.1 Å². The monoisotopic (exact) mass is 406 g/mol. The zero-order valence-corrected chi connectivity index (χ0v) is 16.3. The maximum Gasteiger partial charge on any atom is 0.326 e. The van der Waals surface area contributed by atoms with E-state index in [9.17, 15) is 23.6 Å². The Hall–Kier alpha value is -3.17. The van der Waals surface area contributed by atoms with Crippen molar-refractivity contribution in [2.75, 3.05) is 44.2 Å². The minimum absolute atomic E-state index is 0.305. The summed E-state index contributed by atoms with van der Waals surface area (Å²) in [5, 5.41) is 2.46. The number of benzene rings is 1. The highest BCUT2D eigenvalue weighted by Gasteiger charge is 2.45. The molecule has 0 unspecified atom stereocenters. The lowest BCUT2D eigenvalue weighted by molar-refractivity contribution is -0.153. The van der Waals surface area contributed by atoms with Crippen molar-refractivity contribution < 1.29 is 28.3 Å². The molecule has 2 aliphatic rings. The number of piperazine rings is 1. The summed E-state index contributed by atoms with van der Waals surface area (Å²) in [5.74, 6) is -2.01. The molecule has 3 rings (SSSR count). The van der Waals surface area contributed by atoms with Gasteiger partial charge in [0.05, 0.1) is 0 Å². The molecule has 2 aliphatic heterocycles. The molecule has 2 fully saturated rings. The van der Waals surface area contributed by atoms with Crippen molar-refractivity contribution in [1.29, 1.82) is 0 Å². The molecule has 1 aromatic carbocycles. The summed E-state index contributed by atoms with van der Waals surface area (Å²) in [6.07, 6.45) is 0. The van der Waals surface area contributed by atoms with Crippen LogP contribution in [0.5, 0.6) is 0 Å². The van der Waals surface area contributed by atoms with Gasteiger partial charge in [0.2, 0.25) is 0 Å². The Morgan fingerprint density at radius 1 is 1.10 bits per heavy atom. The van der Waals surface area contributed by atoms with Gasteiger partial charge >= 0.3 is 12.0 Å². The number of esters is 1. The van der Waals surface area contributed by atoms with Crippen molar-refractivity contribution in [2.45, 2.75) is 19.4 Å². The van der Waals surface area contributed by atoms with Gasteiger partial charge < -0.3 is 19.9 Å². The maximum atomic E-state index is 13.0. The molecule has 29 heavy (non-hydrogen) atoms. The fourth-order valence-electron chi connectivity index (χ4n) is 3.24. The molecule has 9 nitrogen and oxygen atoms in total. The predicted octanol–water partition coefficient (Wildman–Crippen LogP) is 0.348. The third-order valence-electron chi connectivity index (χ3n) is 4.91. The number of amides is 4. The van der Waals surface area contributed by atoms with Crippen LogP contribution in [0.2, 0.25) is 0 Å². The van der Waals surface area contributed by atoms with Crippen molar-refractivity contribution >= 4 is 29.5 Å². The number of urea groups is 1. The van der Waals surface area contributed by atoms with Crippen LogP contribution in [0.4, 0.5) is 14.9 Å². The summed E-state index contributed by atoms with van der Waals surface area (Å²) in [6.45, 7) is 4.10. The molecule has 0 bridgehead atoms. The maximum absolute atomic E-state index is 13.0. The van der Waals surface area contributed by atoms with Gasteiger partial charge in [0.25, 0.3) is 11.8 Å². The van der Waals surface area contributed by atoms with Gasteiger partial charge in [-0.1, -0.05) is 0 Å². The van der Waals surface area contributed by atoms with E-state index in [1.165, 1.54) is 26.0 Å². The van der Waals surface area contributed by atoms with Crippen LogP contribution < -0.4 is 10.2 Å². The summed E-state index contributed by atoms with van der Waals surface area (Å²) >= 11 is 0. The number of anilines is 1. The molecular formula is C19H23FN4O5. The van der Waals surface area contributed by atoms with E-state index in [0.717, 1.165) is 10.6 Å².